The van der Waals surface area contributed by atoms with E-state index < -0.39 is 0 Å². The standard InChI is InChI=1S/C18H26N2O2/c21-17(22-14-16-8-3-1-4-9-16)20-13-6-2-5-10-18(20)11-7-12-19-15-18/h1,3-4,8-9,19H,2,5-7,10-15H2. The van der Waals surface area contributed by atoms with Crippen molar-refractivity contribution in [2.75, 3.05) is 19.6 Å². The molecule has 1 unspecified atom stereocenters. The lowest BCUT2D eigenvalue weighted by molar-refractivity contribution is 0.0330. The van der Waals surface area contributed by atoms with Gasteiger partial charge in [0, 0.05) is 13.1 Å². The fourth-order valence-electron chi connectivity index (χ4n) is 3.75. The van der Waals surface area contributed by atoms with E-state index in [4.69, 9.17) is 4.74 Å². The van der Waals surface area contributed by atoms with Crippen molar-refractivity contribution < 1.29 is 9.53 Å². The molecule has 0 radical (unpaired) electrons. The van der Waals surface area contributed by atoms with Gasteiger partial charge in [0.2, 0.25) is 0 Å². The lowest BCUT2D eigenvalue weighted by atomic mass is 9.84. The molecule has 0 aromatic heterocycles. The second-order valence-electron chi connectivity index (χ2n) is 6.51. The topological polar surface area (TPSA) is 41.6 Å². The van der Waals surface area contributed by atoms with Crippen LogP contribution in [-0.4, -0.2) is 36.2 Å². The molecule has 2 fully saturated rings. The third-order valence-electron chi connectivity index (χ3n) is 4.97. The monoisotopic (exact) mass is 302 g/mol. The fourth-order valence-corrected chi connectivity index (χ4v) is 3.75. The summed E-state index contributed by atoms with van der Waals surface area (Å²) in [5.41, 5.74) is 1.02. The molecule has 1 aromatic rings. The van der Waals surface area contributed by atoms with Gasteiger partial charge in [0.1, 0.15) is 6.61 Å². The Morgan fingerprint density at radius 3 is 2.73 bits per heavy atom. The maximum absolute atomic E-state index is 12.7. The maximum atomic E-state index is 12.7. The van der Waals surface area contributed by atoms with Crippen LogP contribution in [0.5, 0.6) is 0 Å². The van der Waals surface area contributed by atoms with Crippen molar-refractivity contribution in [1.82, 2.24) is 10.2 Å². The van der Waals surface area contributed by atoms with E-state index in [1.54, 1.807) is 0 Å². The van der Waals surface area contributed by atoms with Crippen LogP contribution in [0.4, 0.5) is 4.79 Å². The van der Waals surface area contributed by atoms with E-state index in [9.17, 15) is 4.79 Å². The quantitative estimate of drug-likeness (QED) is 0.911. The Morgan fingerprint density at radius 1 is 1.14 bits per heavy atom. The van der Waals surface area contributed by atoms with E-state index in [0.717, 1.165) is 50.9 Å². The Bertz CT molecular complexity index is 483. The van der Waals surface area contributed by atoms with Crippen molar-refractivity contribution in [2.45, 2.75) is 50.7 Å². The summed E-state index contributed by atoms with van der Waals surface area (Å²) >= 11 is 0. The van der Waals surface area contributed by atoms with Crippen LogP contribution in [0, 0.1) is 0 Å². The van der Waals surface area contributed by atoms with Gasteiger partial charge in [-0.1, -0.05) is 43.2 Å². The summed E-state index contributed by atoms with van der Waals surface area (Å²) in [6, 6.07) is 9.91. The maximum Gasteiger partial charge on any atom is 0.410 e. The molecule has 1 aromatic carbocycles. The SMILES string of the molecule is O=C(OCc1ccccc1)N1CCCCCC12CCCNC2. The van der Waals surface area contributed by atoms with Gasteiger partial charge < -0.3 is 15.0 Å². The van der Waals surface area contributed by atoms with Gasteiger partial charge in [0.05, 0.1) is 5.54 Å². The zero-order valence-corrected chi connectivity index (χ0v) is 13.2. The number of rotatable bonds is 2. The molecule has 0 aliphatic carbocycles. The highest BCUT2D eigenvalue weighted by atomic mass is 16.6. The van der Waals surface area contributed by atoms with Crippen LogP contribution in [0.1, 0.15) is 44.1 Å². The Balaban J connectivity index is 1.67. The molecule has 2 aliphatic rings. The van der Waals surface area contributed by atoms with Crippen LogP contribution >= 0.6 is 0 Å². The number of carbonyl (C=O) groups is 1. The normalized spacial score (nSPS) is 25.7. The van der Waals surface area contributed by atoms with Crippen LogP contribution in [0.25, 0.3) is 0 Å². The molecule has 2 aliphatic heterocycles. The highest BCUT2D eigenvalue weighted by Crippen LogP contribution is 2.33. The van der Waals surface area contributed by atoms with E-state index >= 15 is 0 Å². The highest BCUT2D eigenvalue weighted by Gasteiger charge is 2.41. The van der Waals surface area contributed by atoms with Crippen molar-refractivity contribution in [3.8, 4) is 0 Å². The smallest absolute Gasteiger partial charge is 0.410 e. The molecule has 1 spiro atoms. The van der Waals surface area contributed by atoms with Gasteiger partial charge in [-0.3, -0.25) is 0 Å². The number of amides is 1. The molecule has 0 bridgehead atoms. The first-order valence-electron chi connectivity index (χ1n) is 8.49. The van der Waals surface area contributed by atoms with Crippen molar-refractivity contribution in [3.63, 3.8) is 0 Å². The molecule has 2 heterocycles. The number of carbonyl (C=O) groups excluding carboxylic acids is 1. The van der Waals surface area contributed by atoms with E-state index in [1.807, 2.05) is 35.2 Å². The fraction of sp³-hybridized carbons (Fsp3) is 0.611. The highest BCUT2D eigenvalue weighted by molar-refractivity contribution is 5.69. The number of hydrogen-bond acceptors (Lipinski definition) is 3. The van der Waals surface area contributed by atoms with Crippen molar-refractivity contribution in [3.05, 3.63) is 35.9 Å². The first-order chi connectivity index (χ1) is 10.8. The minimum Gasteiger partial charge on any atom is -0.445 e. The number of nitrogens with zero attached hydrogens (tertiary/aromatic N) is 1. The molecular formula is C18H26N2O2. The zero-order chi connectivity index (χ0) is 15.3. The second-order valence-corrected chi connectivity index (χ2v) is 6.51. The first-order valence-corrected chi connectivity index (χ1v) is 8.49. The second kappa shape index (κ2) is 7.14. The Labute approximate surface area is 132 Å². The van der Waals surface area contributed by atoms with Crippen LogP contribution < -0.4 is 5.32 Å². The summed E-state index contributed by atoms with van der Waals surface area (Å²) in [5, 5.41) is 3.48. The first kappa shape index (κ1) is 15.3. The number of nitrogens with one attached hydrogen (secondary N) is 1. The largest absolute Gasteiger partial charge is 0.445 e. The van der Waals surface area contributed by atoms with Crippen LogP contribution in [-0.2, 0) is 11.3 Å². The third kappa shape index (κ3) is 3.43. The predicted octanol–water partition coefficient (Wildman–Crippen LogP) is 3.32. The third-order valence-corrected chi connectivity index (χ3v) is 4.97. The van der Waals surface area contributed by atoms with E-state index in [2.05, 4.69) is 5.32 Å². The predicted molar refractivity (Wildman–Crippen MR) is 86.6 cm³/mol. The Kier molecular flexibility index (Phi) is 4.98. The molecule has 1 atom stereocenters. The van der Waals surface area contributed by atoms with Crippen molar-refractivity contribution >= 4 is 6.09 Å². The van der Waals surface area contributed by atoms with Gasteiger partial charge in [-0.15, -0.1) is 0 Å². The number of ether oxygens (including phenoxy) is 1. The number of hydrogen-bond donors (Lipinski definition) is 1. The molecule has 0 saturated carbocycles. The van der Waals surface area contributed by atoms with Gasteiger partial charge in [0.15, 0.2) is 0 Å². The van der Waals surface area contributed by atoms with Gasteiger partial charge in [-0.05, 0) is 37.8 Å². The molecule has 1 amide bonds. The van der Waals surface area contributed by atoms with Crippen molar-refractivity contribution in [1.29, 1.82) is 0 Å². The lowest BCUT2D eigenvalue weighted by Crippen LogP contribution is -2.59. The van der Waals surface area contributed by atoms with E-state index in [0.29, 0.717) is 6.61 Å². The summed E-state index contributed by atoms with van der Waals surface area (Å²) in [4.78, 5) is 14.7. The summed E-state index contributed by atoms with van der Waals surface area (Å²) < 4.78 is 5.61. The number of piperidine rings is 1. The average Bonchev–Trinajstić information content (AvgIpc) is 2.77. The summed E-state index contributed by atoms with van der Waals surface area (Å²) in [6.45, 7) is 3.16. The van der Waals surface area contributed by atoms with Crippen LogP contribution in [0.3, 0.4) is 0 Å². The summed E-state index contributed by atoms with van der Waals surface area (Å²) in [7, 11) is 0. The molecule has 4 heteroatoms. The van der Waals surface area contributed by atoms with E-state index in [1.165, 1.54) is 12.8 Å². The Morgan fingerprint density at radius 2 is 1.95 bits per heavy atom. The minimum atomic E-state index is -0.144. The van der Waals surface area contributed by atoms with Gasteiger partial charge >= 0.3 is 6.09 Å². The van der Waals surface area contributed by atoms with Gasteiger partial charge in [-0.25, -0.2) is 4.79 Å². The summed E-state index contributed by atoms with van der Waals surface area (Å²) in [5.74, 6) is 0. The van der Waals surface area contributed by atoms with E-state index in [-0.39, 0.29) is 11.6 Å². The van der Waals surface area contributed by atoms with Gasteiger partial charge in [0.25, 0.3) is 0 Å². The zero-order valence-electron chi connectivity index (χ0n) is 13.2. The van der Waals surface area contributed by atoms with Crippen molar-refractivity contribution in [2.24, 2.45) is 0 Å². The van der Waals surface area contributed by atoms with Crippen LogP contribution in [0.2, 0.25) is 0 Å². The molecule has 120 valence electrons. The van der Waals surface area contributed by atoms with Gasteiger partial charge in [-0.2, -0.15) is 0 Å². The molecular weight excluding hydrogens is 276 g/mol. The molecule has 3 rings (SSSR count). The number of likely N-dealkylation sites (tertiary alicyclic amines) is 1. The molecule has 22 heavy (non-hydrogen) atoms. The summed E-state index contributed by atoms with van der Waals surface area (Å²) in [6.07, 6.45) is 6.70. The molecule has 4 nitrogen and oxygen atoms in total. The van der Waals surface area contributed by atoms with Crippen LogP contribution in [0.15, 0.2) is 30.3 Å². The minimum absolute atomic E-state index is 0.0253. The molecule has 2 saturated heterocycles. The number of benzene rings is 1. The lowest BCUT2D eigenvalue weighted by Gasteiger charge is -2.45. The average molecular weight is 302 g/mol. The molecule has 1 N–H and O–H groups in total. The Hall–Kier alpha value is -1.55.